The number of nitrogens with zero attached hydrogens (tertiary/aromatic N) is 1. The molecule has 11 rings (SSSR count). The largest absolute Gasteiger partial charge is 0.456 e. The monoisotopic (exact) mass is 795 g/mol. The maximum absolute atomic E-state index is 6.13. The van der Waals surface area contributed by atoms with E-state index in [-0.39, 0.29) is 0 Å². The van der Waals surface area contributed by atoms with Gasteiger partial charge in [-0.2, -0.15) is 0 Å². The Bertz CT molecular complexity index is 3170. The molecule has 11 aromatic rings. The SMILES string of the molecule is c1ccc([Si](c2ccccc2)(c2ccccc2)c2ccc(-c3ccc(N(c4ccc(-c5ccc6oc7ccccc7c6c5)cc4)c4cccc5ccccc45)cc3)cc2)cc1. The summed E-state index contributed by atoms with van der Waals surface area (Å²) in [7, 11) is -2.60. The van der Waals surface area contributed by atoms with Crippen molar-refractivity contribution in [2.24, 2.45) is 0 Å². The Balaban J connectivity index is 0.970. The number of furan rings is 1. The van der Waals surface area contributed by atoms with Crippen molar-refractivity contribution in [2.75, 3.05) is 4.90 Å². The molecule has 0 amide bonds. The van der Waals surface area contributed by atoms with E-state index >= 15 is 0 Å². The number of rotatable bonds is 9. The topological polar surface area (TPSA) is 16.4 Å². The molecule has 0 saturated carbocycles. The predicted molar refractivity (Wildman–Crippen MR) is 260 cm³/mol. The fourth-order valence-electron chi connectivity index (χ4n) is 9.32. The molecule has 10 aromatic carbocycles. The van der Waals surface area contributed by atoms with E-state index in [9.17, 15) is 0 Å². The Morgan fingerprint density at radius 2 is 0.721 bits per heavy atom. The molecule has 0 spiro atoms. The van der Waals surface area contributed by atoms with E-state index in [1.807, 2.05) is 12.1 Å². The average molecular weight is 796 g/mol. The summed E-state index contributed by atoms with van der Waals surface area (Å²) >= 11 is 0. The summed E-state index contributed by atoms with van der Waals surface area (Å²) in [5.41, 5.74) is 9.84. The van der Waals surface area contributed by atoms with Gasteiger partial charge in [-0.3, -0.25) is 0 Å². The van der Waals surface area contributed by atoms with Crippen LogP contribution in [0.4, 0.5) is 17.1 Å². The Hall–Kier alpha value is -7.72. The molecule has 0 aliphatic heterocycles. The highest BCUT2D eigenvalue weighted by atomic mass is 28.3. The van der Waals surface area contributed by atoms with Gasteiger partial charge in [0.25, 0.3) is 0 Å². The molecular weight excluding hydrogens is 755 g/mol. The van der Waals surface area contributed by atoms with Crippen LogP contribution in [-0.2, 0) is 0 Å². The Kier molecular flexibility index (Phi) is 9.22. The van der Waals surface area contributed by atoms with Crippen LogP contribution in [0.1, 0.15) is 0 Å². The number of anilines is 3. The lowest BCUT2D eigenvalue weighted by molar-refractivity contribution is 0.669. The first kappa shape index (κ1) is 36.4. The summed E-state index contributed by atoms with van der Waals surface area (Å²) in [6.07, 6.45) is 0. The summed E-state index contributed by atoms with van der Waals surface area (Å²) in [6, 6.07) is 90.6. The van der Waals surface area contributed by atoms with Crippen LogP contribution in [0.15, 0.2) is 253 Å². The molecule has 0 aliphatic carbocycles. The van der Waals surface area contributed by atoms with Gasteiger partial charge in [0.2, 0.25) is 0 Å². The highest BCUT2D eigenvalue weighted by molar-refractivity contribution is 7.19. The minimum atomic E-state index is -2.60. The van der Waals surface area contributed by atoms with Crippen LogP contribution in [0, 0.1) is 0 Å². The Morgan fingerprint density at radius 3 is 1.31 bits per heavy atom. The van der Waals surface area contributed by atoms with E-state index < -0.39 is 8.07 Å². The lowest BCUT2D eigenvalue weighted by atomic mass is 10.0. The van der Waals surface area contributed by atoms with Gasteiger partial charge in [-0.25, -0.2) is 0 Å². The van der Waals surface area contributed by atoms with Crippen LogP contribution in [-0.4, -0.2) is 8.07 Å². The van der Waals surface area contributed by atoms with Gasteiger partial charge in [0.05, 0.1) is 5.69 Å². The smallest absolute Gasteiger partial charge is 0.179 e. The molecule has 0 fully saturated rings. The van der Waals surface area contributed by atoms with Crippen molar-refractivity contribution in [3.63, 3.8) is 0 Å². The van der Waals surface area contributed by atoms with Crippen molar-refractivity contribution in [2.45, 2.75) is 0 Å². The highest BCUT2D eigenvalue weighted by Gasteiger charge is 2.41. The molecule has 2 nitrogen and oxygen atoms in total. The fraction of sp³-hybridized carbons (Fsp3) is 0. The molecule has 0 radical (unpaired) electrons. The maximum Gasteiger partial charge on any atom is 0.179 e. The summed E-state index contributed by atoms with van der Waals surface area (Å²) in [5, 5.41) is 10.2. The third-order valence-corrected chi connectivity index (χ3v) is 17.0. The first-order chi connectivity index (χ1) is 30.2. The van der Waals surface area contributed by atoms with Crippen molar-refractivity contribution in [1.82, 2.24) is 0 Å². The highest BCUT2D eigenvalue weighted by Crippen LogP contribution is 2.41. The first-order valence-electron chi connectivity index (χ1n) is 20.9. The van der Waals surface area contributed by atoms with Gasteiger partial charge >= 0.3 is 0 Å². The van der Waals surface area contributed by atoms with E-state index in [0.29, 0.717) is 0 Å². The number of hydrogen-bond donors (Lipinski definition) is 0. The first-order valence-corrected chi connectivity index (χ1v) is 22.9. The number of fused-ring (bicyclic) bond motifs is 4. The van der Waals surface area contributed by atoms with Gasteiger partial charge in [-0.05, 0) is 96.9 Å². The number of benzene rings is 10. The van der Waals surface area contributed by atoms with Crippen LogP contribution in [0.5, 0.6) is 0 Å². The standard InChI is InChI=1S/C58H41NOSi/c1-4-17-49(18-5-1)61(50-19-6-2-7-20-50,51-21-8-3-9-22-51)52-38-31-43(32-39-52)42-27-34-47(35-28-42)59(56-25-14-16-45-15-10-11-23-53(45)56)48-36-29-44(30-37-48)46-33-40-58-55(41-46)54-24-12-13-26-57(54)60-58/h1-41H. The summed E-state index contributed by atoms with van der Waals surface area (Å²) < 4.78 is 6.13. The molecule has 0 bridgehead atoms. The van der Waals surface area contributed by atoms with Gasteiger partial charge in [0.15, 0.2) is 8.07 Å². The zero-order chi connectivity index (χ0) is 40.6. The normalized spacial score (nSPS) is 11.6. The summed E-state index contributed by atoms with van der Waals surface area (Å²) in [5.74, 6) is 0. The number of hydrogen-bond acceptors (Lipinski definition) is 2. The average Bonchev–Trinajstić information content (AvgIpc) is 3.72. The minimum absolute atomic E-state index is 0.907. The van der Waals surface area contributed by atoms with E-state index in [0.717, 1.165) is 50.1 Å². The van der Waals surface area contributed by atoms with E-state index in [1.165, 1.54) is 42.6 Å². The van der Waals surface area contributed by atoms with Crippen LogP contribution < -0.4 is 25.6 Å². The van der Waals surface area contributed by atoms with Gasteiger partial charge in [-0.1, -0.05) is 200 Å². The molecule has 0 unspecified atom stereocenters. The van der Waals surface area contributed by atoms with Crippen molar-refractivity contribution < 1.29 is 4.42 Å². The summed E-state index contributed by atoms with van der Waals surface area (Å²) in [4.78, 5) is 2.38. The number of para-hydroxylation sites is 1. The molecule has 1 heterocycles. The minimum Gasteiger partial charge on any atom is -0.456 e. The molecular formula is C58H41NOSi. The van der Waals surface area contributed by atoms with Gasteiger partial charge in [-0.15, -0.1) is 0 Å². The summed E-state index contributed by atoms with van der Waals surface area (Å²) in [6.45, 7) is 0. The quantitative estimate of drug-likeness (QED) is 0.107. The van der Waals surface area contributed by atoms with Crippen molar-refractivity contribution >= 4 is 78.6 Å². The molecule has 288 valence electrons. The zero-order valence-corrected chi connectivity index (χ0v) is 34.5. The van der Waals surface area contributed by atoms with E-state index in [2.05, 4.69) is 241 Å². The Labute approximate surface area is 357 Å². The van der Waals surface area contributed by atoms with E-state index in [4.69, 9.17) is 4.42 Å². The molecule has 0 N–H and O–H groups in total. The van der Waals surface area contributed by atoms with Crippen LogP contribution in [0.25, 0.3) is 55.0 Å². The third-order valence-electron chi connectivity index (χ3n) is 12.2. The lowest BCUT2D eigenvalue weighted by Gasteiger charge is -2.34. The Morgan fingerprint density at radius 1 is 0.295 bits per heavy atom. The third kappa shape index (κ3) is 6.44. The van der Waals surface area contributed by atoms with Crippen molar-refractivity contribution in [1.29, 1.82) is 0 Å². The molecule has 0 atom stereocenters. The lowest BCUT2D eigenvalue weighted by Crippen LogP contribution is -2.74. The van der Waals surface area contributed by atoms with Gasteiger partial charge in [0.1, 0.15) is 11.2 Å². The molecule has 0 aliphatic rings. The van der Waals surface area contributed by atoms with Crippen LogP contribution in [0.2, 0.25) is 0 Å². The predicted octanol–water partition coefficient (Wildman–Crippen LogP) is 12.9. The molecule has 1 aromatic heterocycles. The second kappa shape index (κ2) is 15.5. The second-order valence-corrected chi connectivity index (χ2v) is 19.5. The maximum atomic E-state index is 6.13. The molecule has 61 heavy (non-hydrogen) atoms. The van der Waals surface area contributed by atoms with E-state index in [1.54, 1.807) is 0 Å². The second-order valence-electron chi connectivity index (χ2n) is 15.7. The zero-order valence-electron chi connectivity index (χ0n) is 33.5. The van der Waals surface area contributed by atoms with Crippen LogP contribution in [0.3, 0.4) is 0 Å². The van der Waals surface area contributed by atoms with Crippen molar-refractivity contribution in [3.8, 4) is 22.3 Å². The van der Waals surface area contributed by atoms with Gasteiger partial charge in [0, 0.05) is 27.5 Å². The van der Waals surface area contributed by atoms with Crippen LogP contribution >= 0.6 is 0 Å². The molecule has 3 heteroatoms. The van der Waals surface area contributed by atoms with Gasteiger partial charge < -0.3 is 9.32 Å². The van der Waals surface area contributed by atoms with Crippen molar-refractivity contribution in [3.05, 3.63) is 249 Å². The molecule has 0 saturated heterocycles. The fourth-order valence-corrected chi connectivity index (χ4v) is 14.1.